The molecule has 1 aromatic heterocycles. The van der Waals surface area contributed by atoms with Gasteiger partial charge in [0, 0.05) is 19.0 Å². The van der Waals surface area contributed by atoms with Crippen molar-refractivity contribution >= 4 is 33.5 Å². The van der Waals surface area contributed by atoms with Gasteiger partial charge in [-0.2, -0.15) is 0 Å². The van der Waals surface area contributed by atoms with Crippen LogP contribution in [0.4, 0.5) is 11.6 Å². The molecule has 0 fully saturated rings. The number of amides is 1. The number of hydrogen-bond donors (Lipinski definition) is 4. The van der Waals surface area contributed by atoms with Crippen molar-refractivity contribution in [2.75, 3.05) is 17.3 Å². The van der Waals surface area contributed by atoms with E-state index < -0.39 is 0 Å². The highest BCUT2D eigenvalue weighted by atomic mass is 79.9. The maximum absolute atomic E-state index is 11.4. The highest BCUT2D eigenvalue weighted by Gasteiger charge is 2.08. The molecule has 1 heterocycles. The Labute approximate surface area is 114 Å². The summed E-state index contributed by atoms with van der Waals surface area (Å²) in [5, 5.41) is 5.85. The molecule has 0 unspecified atom stereocenters. The number of nitrogens with two attached hydrogens (primary N) is 1. The third kappa shape index (κ3) is 4.46. The summed E-state index contributed by atoms with van der Waals surface area (Å²) < 4.78 is 0.636. The van der Waals surface area contributed by atoms with E-state index in [0.717, 1.165) is 0 Å². The van der Waals surface area contributed by atoms with Crippen LogP contribution in [-0.2, 0) is 4.79 Å². The number of halogens is 1. The van der Waals surface area contributed by atoms with Gasteiger partial charge in [0.2, 0.25) is 5.91 Å². The summed E-state index contributed by atoms with van der Waals surface area (Å²) in [4.78, 5) is 19.4. The highest BCUT2D eigenvalue weighted by molar-refractivity contribution is 9.10. The zero-order chi connectivity index (χ0) is 13.5. The van der Waals surface area contributed by atoms with Crippen molar-refractivity contribution in [2.24, 2.45) is 5.84 Å². The Kier molecular flexibility index (Phi) is 5.79. The molecule has 5 N–H and O–H groups in total. The minimum Gasteiger partial charge on any atom is -0.368 e. The zero-order valence-corrected chi connectivity index (χ0v) is 11.9. The second-order valence-electron chi connectivity index (χ2n) is 3.93. The fourth-order valence-electron chi connectivity index (χ4n) is 1.28. The van der Waals surface area contributed by atoms with E-state index in [-0.39, 0.29) is 11.9 Å². The first-order valence-electron chi connectivity index (χ1n) is 5.55. The summed E-state index contributed by atoms with van der Waals surface area (Å²) in [6.45, 7) is 4.33. The number of nitrogens with zero attached hydrogens (tertiary/aromatic N) is 2. The molecular weight excluding hydrogens is 300 g/mol. The van der Waals surface area contributed by atoms with Crippen LogP contribution in [0, 0.1) is 0 Å². The van der Waals surface area contributed by atoms with Gasteiger partial charge in [0.25, 0.3) is 0 Å². The molecule has 7 nitrogen and oxygen atoms in total. The highest BCUT2D eigenvalue weighted by Crippen LogP contribution is 2.25. The number of hydrogen-bond acceptors (Lipinski definition) is 6. The third-order valence-corrected chi connectivity index (χ3v) is 2.77. The molecule has 0 spiro atoms. The molecule has 100 valence electrons. The number of aromatic nitrogens is 2. The second-order valence-corrected chi connectivity index (χ2v) is 4.72. The number of anilines is 2. The predicted octanol–water partition coefficient (Wildman–Crippen LogP) is 0.851. The van der Waals surface area contributed by atoms with Crippen molar-refractivity contribution in [3.8, 4) is 0 Å². The van der Waals surface area contributed by atoms with Crippen LogP contribution in [0.2, 0.25) is 0 Å². The van der Waals surface area contributed by atoms with Crippen LogP contribution in [0.1, 0.15) is 20.3 Å². The van der Waals surface area contributed by atoms with Gasteiger partial charge in [-0.25, -0.2) is 15.8 Å². The van der Waals surface area contributed by atoms with Crippen molar-refractivity contribution in [3.05, 3.63) is 10.8 Å². The molecule has 0 radical (unpaired) electrons. The van der Waals surface area contributed by atoms with Crippen LogP contribution in [-0.4, -0.2) is 28.5 Å². The first kappa shape index (κ1) is 14.7. The van der Waals surface area contributed by atoms with Crippen molar-refractivity contribution in [3.63, 3.8) is 0 Å². The molecule has 0 bridgehead atoms. The van der Waals surface area contributed by atoms with Gasteiger partial charge < -0.3 is 16.1 Å². The smallest absolute Gasteiger partial charge is 0.221 e. The van der Waals surface area contributed by atoms with Gasteiger partial charge in [-0.3, -0.25) is 4.79 Å². The third-order valence-electron chi connectivity index (χ3n) is 2.02. The monoisotopic (exact) mass is 316 g/mol. The van der Waals surface area contributed by atoms with E-state index in [9.17, 15) is 4.79 Å². The van der Waals surface area contributed by atoms with E-state index in [1.807, 2.05) is 13.8 Å². The fourth-order valence-corrected chi connectivity index (χ4v) is 1.74. The molecule has 1 rings (SSSR count). The quantitative estimate of drug-likeness (QED) is 0.458. The van der Waals surface area contributed by atoms with E-state index in [4.69, 9.17) is 5.84 Å². The molecule has 1 aromatic rings. The fraction of sp³-hybridized carbons (Fsp3) is 0.500. The molecule has 0 atom stereocenters. The lowest BCUT2D eigenvalue weighted by Crippen LogP contribution is -2.31. The minimum atomic E-state index is -0.000137. The lowest BCUT2D eigenvalue weighted by molar-refractivity contribution is -0.121. The first-order chi connectivity index (χ1) is 8.54. The van der Waals surface area contributed by atoms with Gasteiger partial charge in [0.05, 0.1) is 0 Å². The van der Waals surface area contributed by atoms with Crippen LogP contribution in [0.15, 0.2) is 10.8 Å². The molecule has 1 amide bonds. The molecule has 8 heteroatoms. The Morgan fingerprint density at radius 1 is 1.44 bits per heavy atom. The summed E-state index contributed by atoms with van der Waals surface area (Å²) in [6, 6.07) is 0.149. The molecule has 0 aliphatic rings. The van der Waals surface area contributed by atoms with Crippen molar-refractivity contribution in [1.82, 2.24) is 15.3 Å². The Bertz CT molecular complexity index is 411. The van der Waals surface area contributed by atoms with Gasteiger partial charge in [-0.05, 0) is 29.8 Å². The van der Waals surface area contributed by atoms with Gasteiger partial charge >= 0.3 is 0 Å². The summed E-state index contributed by atoms with van der Waals surface area (Å²) in [6.07, 6.45) is 1.76. The van der Waals surface area contributed by atoms with Crippen molar-refractivity contribution in [1.29, 1.82) is 0 Å². The van der Waals surface area contributed by atoms with E-state index in [1.54, 1.807) is 0 Å². The Balaban J connectivity index is 2.47. The van der Waals surface area contributed by atoms with E-state index in [0.29, 0.717) is 29.1 Å². The zero-order valence-electron chi connectivity index (χ0n) is 10.3. The number of carbonyl (C=O) groups is 1. The van der Waals surface area contributed by atoms with Crippen LogP contribution in [0.5, 0.6) is 0 Å². The summed E-state index contributed by atoms with van der Waals surface area (Å²) in [5.74, 6) is 6.37. The Morgan fingerprint density at radius 2 is 2.11 bits per heavy atom. The maximum Gasteiger partial charge on any atom is 0.221 e. The topological polar surface area (TPSA) is 105 Å². The van der Waals surface area contributed by atoms with Gasteiger partial charge in [-0.1, -0.05) is 0 Å². The van der Waals surface area contributed by atoms with Gasteiger partial charge in [0.15, 0.2) is 5.82 Å². The van der Waals surface area contributed by atoms with Gasteiger partial charge in [0.1, 0.15) is 16.6 Å². The van der Waals surface area contributed by atoms with Crippen molar-refractivity contribution in [2.45, 2.75) is 26.3 Å². The van der Waals surface area contributed by atoms with Gasteiger partial charge in [-0.15, -0.1) is 0 Å². The number of carbonyl (C=O) groups excluding carboxylic acids is 1. The van der Waals surface area contributed by atoms with Crippen LogP contribution in [0.25, 0.3) is 0 Å². The average Bonchev–Trinajstić information content (AvgIpc) is 2.30. The largest absolute Gasteiger partial charge is 0.368 e. The molecule has 0 aliphatic heterocycles. The van der Waals surface area contributed by atoms with E-state index >= 15 is 0 Å². The van der Waals surface area contributed by atoms with Crippen LogP contribution >= 0.6 is 15.9 Å². The standard InChI is InChI=1S/C10H17BrN6O/c1-6(2)16-7(18)3-4-13-9-8(11)10(17-12)15-5-14-9/h5-6H,3-4,12H2,1-2H3,(H,16,18)(H2,13,14,15,17). The number of nitrogen functional groups attached to an aromatic ring is 1. The Morgan fingerprint density at radius 3 is 2.72 bits per heavy atom. The summed E-state index contributed by atoms with van der Waals surface area (Å²) in [7, 11) is 0. The molecule has 0 saturated heterocycles. The molecular formula is C10H17BrN6O. The van der Waals surface area contributed by atoms with Crippen molar-refractivity contribution < 1.29 is 4.79 Å². The molecule has 0 aromatic carbocycles. The first-order valence-corrected chi connectivity index (χ1v) is 6.34. The number of hydrazine groups is 1. The molecule has 0 saturated carbocycles. The maximum atomic E-state index is 11.4. The minimum absolute atomic E-state index is 0.000137. The second kappa shape index (κ2) is 7.12. The van der Waals surface area contributed by atoms with Crippen LogP contribution in [0.3, 0.4) is 0 Å². The number of nitrogens with one attached hydrogen (secondary N) is 3. The lowest BCUT2D eigenvalue weighted by Gasteiger charge is -2.11. The normalized spacial score (nSPS) is 10.3. The molecule has 0 aliphatic carbocycles. The summed E-state index contributed by atoms with van der Waals surface area (Å²) in [5.41, 5.74) is 2.44. The predicted molar refractivity (Wildman–Crippen MR) is 73.9 cm³/mol. The average molecular weight is 317 g/mol. The van der Waals surface area contributed by atoms with E-state index in [2.05, 4.69) is 42.0 Å². The van der Waals surface area contributed by atoms with E-state index in [1.165, 1.54) is 6.33 Å². The lowest BCUT2D eigenvalue weighted by atomic mass is 10.3. The Hall–Kier alpha value is -1.41. The summed E-state index contributed by atoms with van der Waals surface area (Å²) >= 11 is 3.32. The van der Waals surface area contributed by atoms with Crippen LogP contribution < -0.4 is 21.9 Å². The number of rotatable bonds is 6. The SMILES string of the molecule is CC(C)NC(=O)CCNc1ncnc(NN)c1Br. The molecule has 18 heavy (non-hydrogen) atoms.